The number of hydrogen-bond donors (Lipinski definition) is 0. The molecule has 0 N–H and O–H groups in total. The summed E-state index contributed by atoms with van der Waals surface area (Å²) in [5, 5.41) is 2.48. The van der Waals surface area contributed by atoms with Gasteiger partial charge in [0, 0.05) is 25.6 Å². The van der Waals surface area contributed by atoms with Crippen LogP contribution in [0.4, 0.5) is 0 Å². The molecule has 4 nitrogen and oxygen atoms in total. The first-order chi connectivity index (χ1) is 12.4. The summed E-state index contributed by atoms with van der Waals surface area (Å²) in [6, 6.07) is 10.5. The zero-order chi connectivity index (χ0) is 19.2. The summed E-state index contributed by atoms with van der Waals surface area (Å²) in [7, 11) is -3.73. The van der Waals surface area contributed by atoms with E-state index in [0.717, 1.165) is 36.7 Å². The van der Waals surface area contributed by atoms with E-state index in [1.54, 1.807) is 0 Å². The molecule has 2 aromatic rings. The monoisotopic (exact) mass is 388 g/mol. The van der Waals surface area contributed by atoms with Crippen LogP contribution in [0.25, 0.3) is 11.4 Å². The molecule has 0 aliphatic heterocycles. The van der Waals surface area contributed by atoms with E-state index in [-0.39, 0.29) is 0 Å². The molecule has 142 valence electrons. The maximum atomic E-state index is 6.07. The predicted molar refractivity (Wildman–Crippen MR) is 114 cm³/mol. The number of aromatic nitrogens is 2. The standard InChI is InChI=1S/C20H32N2O2Si2/c1-7-23-25(5,9-3)17-11-13-19(21-15-17)20-14-12-18(16-22-20)26(6,10-4)24-8-2/h11-16H,7-10H2,1-6H3. The van der Waals surface area contributed by atoms with Crippen LogP contribution in [0.15, 0.2) is 36.7 Å². The van der Waals surface area contributed by atoms with Crippen molar-refractivity contribution in [2.75, 3.05) is 13.2 Å². The summed E-state index contributed by atoms with van der Waals surface area (Å²) in [5.41, 5.74) is 1.81. The minimum atomic E-state index is -1.87. The number of rotatable bonds is 9. The Bertz CT molecular complexity index is 632. The molecule has 0 saturated heterocycles. The second-order valence-corrected chi connectivity index (χ2v) is 15.0. The number of pyridine rings is 2. The molecule has 0 spiro atoms. The zero-order valence-corrected chi connectivity index (χ0v) is 19.0. The molecule has 0 aromatic carbocycles. The highest BCUT2D eigenvalue weighted by atomic mass is 28.4. The van der Waals surface area contributed by atoms with Crippen molar-refractivity contribution in [3.05, 3.63) is 36.7 Å². The first-order valence-corrected chi connectivity index (χ1v) is 14.9. The molecular formula is C20H32N2O2Si2. The van der Waals surface area contributed by atoms with Gasteiger partial charge in [-0.15, -0.1) is 0 Å². The van der Waals surface area contributed by atoms with Crippen LogP contribution >= 0.6 is 0 Å². The summed E-state index contributed by atoms with van der Waals surface area (Å²) in [6.07, 6.45) is 3.95. The number of hydrogen-bond acceptors (Lipinski definition) is 4. The molecule has 26 heavy (non-hydrogen) atoms. The van der Waals surface area contributed by atoms with E-state index < -0.39 is 16.6 Å². The van der Waals surface area contributed by atoms with Gasteiger partial charge in [0.05, 0.1) is 11.4 Å². The topological polar surface area (TPSA) is 44.2 Å². The van der Waals surface area contributed by atoms with Crippen molar-refractivity contribution >= 4 is 27.0 Å². The van der Waals surface area contributed by atoms with E-state index >= 15 is 0 Å². The highest BCUT2D eigenvalue weighted by Gasteiger charge is 2.30. The summed E-state index contributed by atoms with van der Waals surface area (Å²) >= 11 is 0. The minimum Gasteiger partial charge on any atom is -0.413 e. The molecule has 2 aromatic heterocycles. The van der Waals surface area contributed by atoms with E-state index in [1.165, 1.54) is 10.4 Å². The maximum Gasteiger partial charge on any atom is 0.222 e. The molecule has 0 radical (unpaired) electrons. The van der Waals surface area contributed by atoms with Gasteiger partial charge in [-0.3, -0.25) is 9.97 Å². The molecule has 0 bridgehead atoms. The Balaban J connectivity index is 2.24. The summed E-state index contributed by atoms with van der Waals surface area (Å²) in [5.74, 6) is 0. The van der Waals surface area contributed by atoms with E-state index in [1.807, 2.05) is 12.4 Å². The molecule has 2 atom stereocenters. The van der Waals surface area contributed by atoms with Crippen molar-refractivity contribution in [1.82, 2.24) is 9.97 Å². The highest BCUT2D eigenvalue weighted by Crippen LogP contribution is 2.17. The molecule has 2 rings (SSSR count). The van der Waals surface area contributed by atoms with Crippen molar-refractivity contribution in [3.8, 4) is 11.4 Å². The lowest BCUT2D eigenvalue weighted by Gasteiger charge is -2.26. The van der Waals surface area contributed by atoms with Crippen LogP contribution < -0.4 is 10.4 Å². The summed E-state index contributed by atoms with van der Waals surface area (Å²) < 4.78 is 12.1. The van der Waals surface area contributed by atoms with Gasteiger partial charge in [0.15, 0.2) is 0 Å². The van der Waals surface area contributed by atoms with Crippen molar-refractivity contribution < 1.29 is 8.85 Å². The molecule has 2 heterocycles. The van der Waals surface area contributed by atoms with Gasteiger partial charge in [0.1, 0.15) is 0 Å². The lowest BCUT2D eigenvalue weighted by Crippen LogP contribution is -2.47. The van der Waals surface area contributed by atoms with Crippen LogP contribution in [-0.2, 0) is 8.85 Å². The van der Waals surface area contributed by atoms with Crippen LogP contribution in [0.1, 0.15) is 27.7 Å². The van der Waals surface area contributed by atoms with Crippen LogP contribution in [0.2, 0.25) is 25.2 Å². The largest absolute Gasteiger partial charge is 0.413 e. The lowest BCUT2D eigenvalue weighted by atomic mass is 10.2. The third kappa shape index (κ3) is 4.49. The van der Waals surface area contributed by atoms with Gasteiger partial charge in [-0.25, -0.2) is 0 Å². The average molecular weight is 389 g/mol. The first-order valence-electron chi connectivity index (χ1n) is 9.63. The minimum absolute atomic E-state index is 0.751. The van der Waals surface area contributed by atoms with Gasteiger partial charge in [0.2, 0.25) is 16.6 Å². The second kappa shape index (κ2) is 9.04. The molecular weight excluding hydrogens is 356 g/mol. The van der Waals surface area contributed by atoms with Gasteiger partial charge in [0.25, 0.3) is 0 Å². The van der Waals surface area contributed by atoms with Gasteiger partial charge in [-0.1, -0.05) is 26.0 Å². The third-order valence-electron chi connectivity index (χ3n) is 5.29. The smallest absolute Gasteiger partial charge is 0.222 e. The van der Waals surface area contributed by atoms with Gasteiger partial charge in [-0.2, -0.15) is 0 Å². The van der Waals surface area contributed by atoms with Crippen LogP contribution in [0, 0.1) is 0 Å². The third-order valence-corrected chi connectivity index (χ3v) is 12.9. The summed E-state index contributed by atoms with van der Waals surface area (Å²) in [6.45, 7) is 14.5. The molecule has 0 amide bonds. The summed E-state index contributed by atoms with van der Waals surface area (Å²) in [4.78, 5) is 9.33. The predicted octanol–water partition coefficient (Wildman–Crippen LogP) is 3.82. The van der Waals surface area contributed by atoms with Crippen LogP contribution in [0.3, 0.4) is 0 Å². The fraction of sp³-hybridized carbons (Fsp3) is 0.500. The van der Waals surface area contributed by atoms with E-state index in [0.29, 0.717) is 0 Å². The molecule has 0 fully saturated rings. The average Bonchev–Trinajstić information content (AvgIpc) is 2.68. The Kier molecular flexibility index (Phi) is 7.28. The molecule has 6 heteroatoms. The van der Waals surface area contributed by atoms with E-state index in [9.17, 15) is 0 Å². The SMILES string of the molecule is CCO[Si](C)(CC)c1ccc(-c2ccc([Si](C)(CC)OCC)cn2)nc1. The Morgan fingerprint density at radius 3 is 1.31 bits per heavy atom. The van der Waals surface area contributed by atoms with Crippen LogP contribution in [0.5, 0.6) is 0 Å². The van der Waals surface area contributed by atoms with Crippen molar-refractivity contribution in [3.63, 3.8) is 0 Å². The number of nitrogens with zero attached hydrogens (tertiary/aromatic N) is 2. The molecule has 2 unspecified atom stereocenters. The van der Waals surface area contributed by atoms with Crippen molar-refractivity contribution in [2.24, 2.45) is 0 Å². The van der Waals surface area contributed by atoms with Crippen LogP contribution in [-0.4, -0.2) is 39.8 Å². The zero-order valence-electron chi connectivity index (χ0n) is 17.0. The molecule has 0 saturated carbocycles. The fourth-order valence-electron chi connectivity index (χ4n) is 3.13. The molecule has 0 aliphatic carbocycles. The van der Waals surface area contributed by atoms with Gasteiger partial charge < -0.3 is 8.85 Å². The lowest BCUT2D eigenvalue weighted by molar-refractivity contribution is 0.334. The Morgan fingerprint density at radius 1 is 0.692 bits per heavy atom. The second-order valence-electron chi connectivity index (χ2n) is 6.90. The normalized spacial score (nSPS) is 16.1. The van der Waals surface area contributed by atoms with Crippen molar-refractivity contribution in [1.29, 1.82) is 0 Å². The van der Waals surface area contributed by atoms with Gasteiger partial charge >= 0.3 is 0 Å². The van der Waals surface area contributed by atoms with E-state index in [4.69, 9.17) is 8.85 Å². The van der Waals surface area contributed by atoms with E-state index in [2.05, 4.69) is 75.0 Å². The first kappa shape index (κ1) is 21.0. The Labute approximate surface area is 160 Å². The Hall–Kier alpha value is -1.35. The van der Waals surface area contributed by atoms with Crippen molar-refractivity contribution in [2.45, 2.75) is 52.9 Å². The van der Waals surface area contributed by atoms with Gasteiger partial charge in [-0.05, 0) is 61.5 Å². The quantitative estimate of drug-likeness (QED) is 0.613. The fourth-order valence-corrected chi connectivity index (χ4v) is 7.51. The molecule has 0 aliphatic rings. The highest BCUT2D eigenvalue weighted by molar-refractivity contribution is 6.85. The Morgan fingerprint density at radius 2 is 1.08 bits per heavy atom. The maximum absolute atomic E-state index is 6.07.